The number of ether oxygens (including phenoxy) is 2. The SMILES string of the molecule is CCNC(=O)N1CCN(c2cnc(N[C@H]3C[C@@H](CC)N(C(=O)OCC)c4ccc(OC)nc43)nc2Cc2cc(C(F)(F)F)cc(C(F)(F)F)c2)CC1. The molecule has 4 heterocycles. The van der Waals surface area contributed by atoms with E-state index < -0.39 is 42.0 Å². The molecule has 3 aromatic rings. The number of amides is 3. The second kappa shape index (κ2) is 15.7. The minimum absolute atomic E-state index is 0.0442. The van der Waals surface area contributed by atoms with Crippen molar-refractivity contribution in [3.8, 4) is 5.88 Å². The second-order valence-corrected chi connectivity index (χ2v) is 12.2. The zero-order valence-corrected chi connectivity index (χ0v) is 29.1. The monoisotopic (exact) mass is 738 g/mol. The third kappa shape index (κ3) is 8.53. The highest BCUT2D eigenvalue weighted by atomic mass is 19.4. The Morgan fingerprint density at radius 2 is 1.60 bits per heavy atom. The standard InChI is InChI=1S/C34H40F6N8O4/c1-5-23-18-25(29-26(8-9-28(45-29)51-4)48(23)32(50)52-7-3)44-30-42-19-27(46-10-12-47(13-11-46)31(49)41-6-2)24(43-30)16-20-14-21(33(35,36)37)17-22(15-20)34(38,39)40/h8-9,14-15,17,19,23,25H,5-7,10-13,16,18H2,1-4H3,(H,41,49)(H,42,43,44)/t23-,25+/m1/s1. The van der Waals surface area contributed by atoms with E-state index in [9.17, 15) is 35.9 Å². The third-order valence-electron chi connectivity index (χ3n) is 8.89. The number of aromatic nitrogens is 3. The molecule has 0 radical (unpaired) electrons. The van der Waals surface area contributed by atoms with Gasteiger partial charge in [0.05, 0.1) is 59.8 Å². The number of hydrogen-bond acceptors (Lipinski definition) is 9. The highest BCUT2D eigenvalue weighted by Crippen LogP contribution is 2.41. The number of pyridine rings is 1. The van der Waals surface area contributed by atoms with Crippen LogP contribution in [0.2, 0.25) is 0 Å². The first-order valence-corrected chi connectivity index (χ1v) is 16.9. The topological polar surface area (TPSA) is 125 Å². The minimum Gasteiger partial charge on any atom is -0.481 e. The van der Waals surface area contributed by atoms with Crippen molar-refractivity contribution in [2.75, 3.05) is 61.6 Å². The van der Waals surface area contributed by atoms with Crippen molar-refractivity contribution < 1.29 is 45.4 Å². The van der Waals surface area contributed by atoms with Gasteiger partial charge in [0.2, 0.25) is 11.8 Å². The van der Waals surface area contributed by atoms with E-state index in [1.165, 1.54) is 18.2 Å². The van der Waals surface area contributed by atoms with Gasteiger partial charge in [-0.1, -0.05) is 6.92 Å². The predicted octanol–water partition coefficient (Wildman–Crippen LogP) is 6.66. The number of rotatable bonds is 9. The van der Waals surface area contributed by atoms with Gasteiger partial charge in [0.25, 0.3) is 0 Å². The number of halogens is 6. The molecule has 2 aliphatic heterocycles. The van der Waals surface area contributed by atoms with Crippen LogP contribution in [-0.4, -0.2) is 84.5 Å². The maximum absolute atomic E-state index is 13.8. The van der Waals surface area contributed by atoms with E-state index in [4.69, 9.17) is 9.47 Å². The van der Waals surface area contributed by atoms with Crippen LogP contribution in [-0.2, 0) is 23.5 Å². The summed E-state index contributed by atoms with van der Waals surface area (Å²) in [5.41, 5.74) is -1.64. The van der Waals surface area contributed by atoms with E-state index in [0.717, 1.165) is 0 Å². The maximum atomic E-state index is 13.8. The lowest BCUT2D eigenvalue weighted by molar-refractivity contribution is -0.143. The number of carbonyl (C=O) groups is 2. The van der Waals surface area contributed by atoms with Crippen LogP contribution in [0.15, 0.2) is 36.5 Å². The number of anilines is 3. The summed E-state index contributed by atoms with van der Waals surface area (Å²) in [7, 11) is 1.44. The Morgan fingerprint density at radius 1 is 0.923 bits per heavy atom. The maximum Gasteiger partial charge on any atom is 0.416 e. The molecule has 12 nitrogen and oxygen atoms in total. The van der Waals surface area contributed by atoms with Crippen LogP contribution in [0.4, 0.5) is 53.3 Å². The van der Waals surface area contributed by atoms with Crippen LogP contribution < -0.4 is 25.2 Å². The number of hydrogen-bond donors (Lipinski definition) is 2. The molecular formula is C34H40F6N8O4. The Kier molecular flexibility index (Phi) is 11.5. The van der Waals surface area contributed by atoms with Gasteiger partial charge in [-0.3, -0.25) is 4.90 Å². The van der Waals surface area contributed by atoms with Gasteiger partial charge in [-0.05, 0) is 56.5 Å². The Bertz CT molecular complexity index is 1720. The smallest absolute Gasteiger partial charge is 0.416 e. The Hall–Kier alpha value is -5.03. The lowest BCUT2D eigenvalue weighted by atomic mass is 9.93. The second-order valence-electron chi connectivity index (χ2n) is 12.2. The number of methoxy groups -OCH3 is 1. The highest BCUT2D eigenvalue weighted by Gasteiger charge is 2.39. The lowest BCUT2D eigenvalue weighted by Crippen LogP contribution is -2.52. The number of nitrogens with one attached hydrogen (secondary N) is 2. The van der Waals surface area contributed by atoms with Crippen molar-refractivity contribution in [1.82, 2.24) is 25.2 Å². The van der Waals surface area contributed by atoms with Crippen LogP contribution in [0, 0.1) is 0 Å². The van der Waals surface area contributed by atoms with Gasteiger partial charge in [0, 0.05) is 51.3 Å². The Labute approximate surface area is 296 Å². The molecule has 52 heavy (non-hydrogen) atoms. The van der Waals surface area contributed by atoms with E-state index >= 15 is 0 Å². The van der Waals surface area contributed by atoms with Crippen molar-refractivity contribution in [2.24, 2.45) is 0 Å². The normalized spacial score (nSPS) is 17.8. The number of benzene rings is 1. The number of piperazine rings is 1. The Morgan fingerprint density at radius 3 is 2.17 bits per heavy atom. The summed E-state index contributed by atoms with van der Waals surface area (Å²) < 4.78 is 93.4. The predicted molar refractivity (Wildman–Crippen MR) is 179 cm³/mol. The molecule has 2 N–H and O–H groups in total. The summed E-state index contributed by atoms with van der Waals surface area (Å²) >= 11 is 0. The van der Waals surface area contributed by atoms with Crippen LogP contribution >= 0.6 is 0 Å². The highest BCUT2D eigenvalue weighted by molar-refractivity contribution is 5.90. The van der Waals surface area contributed by atoms with Crippen molar-refractivity contribution in [1.29, 1.82) is 0 Å². The number of carbonyl (C=O) groups excluding carboxylic acids is 2. The first-order valence-electron chi connectivity index (χ1n) is 16.9. The lowest BCUT2D eigenvalue weighted by Gasteiger charge is -2.39. The number of alkyl halides is 6. The average molecular weight is 739 g/mol. The van der Waals surface area contributed by atoms with Gasteiger partial charge in [0.15, 0.2) is 0 Å². The van der Waals surface area contributed by atoms with Crippen LogP contribution in [0.3, 0.4) is 0 Å². The van der Waals surface area contributed by atoms with Gasteiger partial charge in [-0.2, -0.15) is 26.3 Å². The molecule has 0 aliphatic carbocycles. The van der Waals surface area contributed by atoms with E-state index in [-0.39, 0.29) is 47.8 Å². The molecule has 18 heteroatoms. The molecule has 2 atom stereocenters. The molecule has 1 aromatic carbocycles. The van der Waals surface area contributed by atoms with Crippen molar-refractivity contribution in [3.05, 3.63) is 64.6 Å². The van der Waals surface area contributed by atoms with Gasteiger partial charge in [0.1, 0.15) is 0 Å². The fourth-order valence-corrected chi connectivity index (χ4v) is 6.38. The number of urea groups is 1. The van der Waals surface area contributed by atoms with Crippen LogP contribution in [0.25, 0.3) is 0 Å². The van der Waals surface area contributed by atoms with E-state index in [1.54, 1.807) is 30.9 Å². The molecular weight excluding hydrogens is 698 g/mol. The van der Waals surface area contributed by atoms with Gasteiger partial charge >= 0.3 is 24.5 Å². The molecule has 1 fully saturated rings. The molecule has 2 aromatic heterocycles. The molecule has 3 amide bonds. The summed E-state index contributed by atoms with van der Waals surface area (Å²) in [4.78, 5) is 44.2. The zero-order chi connectivity index (χ0) is 37.8. The molecule has 0 saturated carbocycles. The molecule has 0 bridgehead atoms. The molecule has 2 aliphatic rings. The fraction of sp³-hybridized carbons (Fsp3) is 0.500. The Balaban J connectivity index is 1.55. The summed E-state index contributed by atoms with van der Waals surface area (Å²) in [6.07, 6.45) is -8.63. The van der Waals surface area contributed by atoms with Crippen molar-refractivity contribution in [3.63, 3.8) is 0 Å². The van der Waals surface area contributed by atoms with Crippen LogP contribution in [0.5, 0.6) is 5.88 Å². The summed E-state index contributed by atoms with van der Waals surface area (Å²) in [6, 6.07) is 3.61. The zero-order valence-electron chi connectivity index (χ0n) is 29.1. The van der Waals surface area contributed by atoms with E-state index in [0.29, 0.717) is 74.8 Å². The van der Waals surface area contributed by atoms with E-state index in [1.807, 2.05) is 11.8 Å². The summed E-state index contributed by atoms with van der Waals surface area (Å²) in [6.45, 7) is 7.27. The van der Waals surface area contributed by atoms with Gasteiger partial charge < -0.3 is 29.9 Å². The molecule has 0 unspecified atom stereocenters. The molecule has 5 rings (SSSR count). The largest absolute Gasteiger partial charge is 0.481 e. The first kappa shape index (κ1) is 38.2. The molecule has 282 valence electrons. The fourth-order valence-electron chi connectivity index (χ4n) is 6.38. The first-order chi connectivity index (χ1) is 24.7. The van der Waals surface area contributed by atoms with Gasteiger partial charge in [-0.25, -0.2) is 24.5 Å². The van der Waals surface area contributed by atoms with Crippen molar-refractivity contribution in [2.45, 2.75) is 64.5 Å². The quantitative estimate of drug-likeness (QED) is 0.232. The van der Waals surface area contributed by atoms with E-state index in [2.05, 4.69) is 25.6 Å². The minimum atomic E-state index is -5.03. The summed E-state index contributed by atoms with van der Waals surface area (Å²) in [5.74, 6) is 0.320. The molecule has 1 saturated heterocycles. The van der Waals surface area contributed by atoms with Crippen LogP contribution in [0.1, 0.15) is 67.7 Å². The third-order valence-corrected chi connectivity index (χ3v) is 8.89. The molecule has 0 spiro atoms. The average Bonchev–Trinajstić information content (AvgIpc) is 3.10. The number of fused-ring (bicyclic) bond motifs is 1. The van der Waals surface area contributed by atoms with Crippen molar-refractivity contribution >= 4 is 29.4 Å². The summed E-state index contributed by atoms with van der Waals surface area (Å²) in [5, 5.41) is 5.99. The number of nitrogens with zero attached hydrogens (tertiary/aromatic N) is 6. The van der Waals surface area contributed by atoms with Gasteiger partial charge in [-0.15, -0.1) is 0 Å².